The zero-order chi connectivity index (χ0) is 14.9. The van der Waals surface area contributed by atoms with Crippen molar-refractivity contribution in [1.82, 2.24) is 4.90 Å². The predicted molar refractivity (Wildman–Crippen MR) is 79.7 cm³/mol. The summed E-state index contributed by atoms with van der Waals surface area (Å²) in [6, 6.07) is 8.77. The number of rotatable bonds is 4. The van der Waals surface area contributed by atoms with Gasteiger partial charge < -0.3 is 10.8 Å². The molecule has 1 saturated heterocycles. The molecule has 1 aromatic rings. The molecule has 0 saturated carbocycles. The standard InChI is InChI=1S/C16H24N2O2/c1-11(2)13-4-6-14(7-5-13)12(3)18-9-8-16(17,10-18)15(19)20/h4-7,11-12H,8-10,17H2,1-3H3,(H,19,20). The van der Waals surface area contributed by atoms with Gasteiger partial charge in [-0.2, -0.15) is 0 Å². The van der Waals surface area contributed by atoms with Crippen LogP contribution in [0.3, 0.4) is 0 Å². The van der Waals surface area contributed by atoms with Gasteiger partial charge in [-0.25, -0.2) is 0 Å². The zero-order valence-electron chi connectivity index (χ0n) is 12.5. The van der Waals surface area contributed by atoms with E-state index in [4.69, 9.17) is 5.73 Å². The SMILES string of the molecule is CC(C)c1ccc(C(C)N2CCC(N)(C(=O)O)C2)cc1. The minimum Gasteiger partial charge on any atom is -0.480 e. The number of benzene rings is 1. The smallest absolute Gasteiger partial charge is 0.325 e. The Bertz CT molecular complexity index is 484. The lowest BCUT2D eigenvalue weighted by molar-refractivity contribution is -0.142. The third-order valence-corrected chi connectivity index (χ3v) is 4.39. The minimum atomic E-state index is -1.09. The van der Waals surface area contributed by atoms with Crippen molar-refractivity contribution in [2.45, 2.75) is 44.7 Å². The molecule has 1 heterocycles. The molecular weight excluding hydrogens is 252 g/mol. The number of nitrogens with zero attached hydrogens (tertiary/aromatic N) is 1. The van der Waals surface area contributed by atoms with Gasteiger partial charge in [-0.1, -0.05) is 38.1 Å². The van der Waals surface area contributed by atoms with Gasteiger partial charge in [0.25, 0.3) is 0 Å². The third kappa shape index (κ3) is 2.86. The van der Waals surface area contributed by atoms with Crippen molar-refractivity contribution < 1.29 is 9.90 Å². The summed E-state index contributed by atoms with van der Waals surface area (Å²) < 4.78 is 0. The highest BCUT2D eigenvalue weighted by Crippen LogP contribution is 2.29. The number of likely N-dealkylation sites (tertiary alicyclic amines) is 1. The van der Waals surface area contributed by atoms with Crippen molar-refractivity contribution in [2.75, 3.05) is 13.1 Å². The molecule has 0 aliphatic carbocycles. The molecule has 4 heteroatoms. The summed E-state index contributed by atoms with van der Waals surface area (Å²) in [4.78, 5) is 13.3. The Morgan fingerprint density at radius 1 is 1.25 bits per heavy atom. The van der Waals surface area contributed by atoms with Crippen molar-refractivity contribution in [3.05, 3.63) is 35.4 Å². The first-order valence-electron chi connectivity index (χ1n) is 7.19. The van der Waals surface area contributed by atoms with Crippen molar-refractivity contribution in [3.8, 4) is 0 Å². The van der Waals surface area contributed by atoms with Gasteiger partial charge in [0.05, 0.1) is 0 Å². The van der Waals surface area contributed by atoms with Crippen LogP contribution in [0.1, 0.15) is 50.3 Å². The minimum absolute atomic E-state index is 0.195. The van der Waals surface area contributed by atoms with E-state index in [1.54, 1.807) is 0 Å². The van der Waals surface area contributed by atoms with E-state index >= 15 is 0 Å². The molecule has 0 spiro atoms. The Balaban J connectivity index is 2.09. The van der Waals surface area contributed by atoms with E-state index in [9.17, 15) is 9.90 Å². The summed E-state index contributed by atoms with van der Waals surface area (Å²) in [6.45, 7) is 7.60. The van der Waals surface area contributed by atoms with Crippen LogP contribution >= 0.6 is 0 Å². The van der Waals surface area contributed by atoms with E-state index in [1.807, 2.05) is 0 Å². The molecule has 2 rings (SSSR count). The first kappa shape index (κ1) is 15.0. The Labute approximate surface area is 120 Å². The number of nitrogens with two attached hydrogens (primary N) is 1. The fourth-order valence-corrected chi connectivity index (χ4v) is 2.74. The van der Waals surface area contributed by atoms with Gasteiger partial charge >= 0.3 is 5.97 Å². The number of aliphatic carboxylic acids is 1. The first-order valence-corrected chi connectivity index (χ1v) is 7.19. The van der Waals surface area contributed by atoms with Crippen LogP contribution < -0.4 is 5.73 Å². The maximum absolute atomic E-state index is 11.2. The van der Waals surface area contributed by atoms with E-state index in [0.29, 0.717) is 18.9 Å². The molecule has 1 fully saturated rings. The van der Waals surface area contributed by atoms with Gasteiger partial charge in [0.1, 0.15) is 5.54 Å². The van der Waals surface area contributed by atoms with Gasteiger partial charge in [0.2, 0.25) is 0 Å². The lowest BCUT2D eigenvalue weighted by Crippen LogP contribution is -2.50. The highest BCUT2D eigenvalue weighted by molar-refractivity contribution is 5.79. The fraction of sp³-hybridized carbons (Fsp3) is 0.562. The van der Waals surface area contributed by atoms with Crippen molar-refractivity contribution in [3.63, 3.8) is 0 Å². The lowest BCUT2D eigenvalue weighted by Gasteiger charge is -2.26. The molecule has 20 heavy (non-hydrogen) atoms. The van der Waals surface area contributed by atoms with Crippen LogP contribution in [0, 0.1) is 0 Å². The second-order valence-corrected chi connectivity index (χ2v) is 6.18. The second-order valence-electron chi connectivity index (χ2n) is 6.18. The average Bonchev–Trinajstić information content (AvgIpc) is 2.82. The topological polar surface area (TPSA) is 66.6 Å². The van der Waals surface area contributed by atoms with Crippen molar-refractivity contribution in [2.24, 2.45) is 5.73 Å². The molecule has 1 aliphatic heterocycles. The number of carboxylic acids is 1. The molecule has 3 N–H and O–H groups in total. The first-order chi connectivity index (χ1) is 9.33. The molecule has 2 unspecified atom stereocenters. The summed E-state index contributed by atoms with van der Waals surface area (Å²) in [5, 5.41) is 9.19. The Morgan fingerprint density at radius 2 is 1.80 bits per heavy atom. The quantitative estimate of drug-likeness (QED) is 0.886. The van der Waals surface area contributed by atoms with Crippen LogP contribution in [0.2, 0.25) is 0 Å². The summed E-state index contributed by atoms with van der Waals surface area (Å²) in [7, 11) is 0. The van der Waals surface area contributed by atoms with Gasteiger partial charge in [-0.15, -0.1) is 0 Å². The van der Waals surface area contributed by atoms with Gasteiger partial charge in [0, 0.05) is 19.1 Å². The Morgan fingerprint density at radius 3 is 2.25 bits per heavy atom. The van der Waals surface area contributed by atoms with Crippen LogP contribution in [-0.4, -0.2) is 34.6 Å². The van der Waals surface area contributed by atoms with Crippen LogP contribution in [0.15, 0.2) is 24.3 Å². The van der Waals surface area contributed by atoms with Crippen LogP contribution in [0.4, 0.5) is 0 Å². The highest BCUT2D eigenvalue weighted by Gasteiger charge is 2.42. The Hall–Kier alpha value is -1.39. The van der Waals surface area contributed by atoms with E-state index in [1.165, 1.54) is 11.1 Å². The molecule has 0 amide bonds. The molecule has 110 valence electrons. The van der Waals surface area contributed by atoms with E-state index < -0.39 is 11.5 Å². The molecule has 2 atom stereocenters. The predicted octanol–water partition coefficient (Wildman–Crippen LogP) is 2.36. The van der Waals surface area contributed by atoms with Gasteiger partial charge in [-0.05, 0) is 30.4 Å². The normalized spacial score (nSPS) is 25.1. The molecule has 1 aromatic carbocycles. The third-order valence-electron chi connectivity index (χ3n) is 4.39. The van der Waals surface area contributed by atoms with Crippen LogP contribution in [-0.2, 0) is 4.79 Å². The summed E-state index contributed by atoms with van der Waals surface area (Å²) >= 11 is 0. The van der Waals surface area contributed by atoms with Gasteiger partial charge in [-0.3, -0.25) is 9.69 Å². The number of hydrogen-bond acceptors (Lipinski definition) is 3. The number of hydrogen-bond donors (Lipinski definition) is 2. The van der Waals surface area contributed by atoms with Gasteiger partial charge in [0.15, 0.2) is 0 Å². The fourth-order valence-electron chi connectivity index (χ4n) is 2.74. The number of carboxylic acid groups (broad SMARTS) is 1. The molecule has 1 aliphatic rings. The zero-order valence-corrected chi connectivity index (χ0v) is 12.5. The van der Waals surface area contributed by atoms with Crippen LogP contribution in [0.5, 0.6) is 0 Å². The monoisotopic (exact) mass is 276 g/mol. The van der Waals surface area contributed by atoms with Crippen LogP contribution in [0.25, 0.3) is 0 Å². The second kappa shape index (κ2) is 5.54. The number of carbonyl (C=O) groups is 1. The van der Waals surface area contributed by atoms with E-state index in [2.05, 4.69) is 49.9 Å². The summed E-state index contributed by atoms with van der Waals surface area (Å²) in [5.74, 6) is -0.378. The average molecular weight is 276 g/mol. The summed E-state index contributed by atoms with van der Waals surface area (Å²) in [5.41, 5.74) is 7.37. The molecule has 0 aromatic heterocycles. The molecule has 4 nitrogen and oxygen atoms in total. The lowest BCUT2D eigenvalue weighted by atomic mass is 9.99. The maximum atomic E-state index is 11.2. The molecule has 0 radical (unpaired) electrons. The molecular formula is C16H24N2O2. The maximum Gasteiger partial charge on any atom is 0.325 e. The largest absolute Gasteiger partial charge is 0.480 e. The van der Waals surface area contributed by atoms with E-state index in [0.717, 1.165) is 6.54 Å². The highest BCUT2D eigenvalue weighted by atomic mass is 16.4. The Kier molecular flexibility index (Phi) is 4.16. The summed E-state index contributed by atoms with van der Waals surface area (Å²) in [6.07, 6.45) is 0.511. The van der Waals surface area contributed by atoms with Crippen molar-refractivity contribution in [1.29, 1.82) is 0 Å². The molecule has 0 bridgehead atoms. The van der Waals surface area contributed by atoms with Crippen molar-refractivity contribution >= 4 is 5.97 Å². The van der Waals surface area contributed by atoms with E-state index in [-0.39, 0.29) is 6.04 Å².